The van der Waals surface area contributed by atoms with Gasteiger partial charge in [-0.05, 0) is 42.4 Å². The molecule has 138 valence electrons. The lowest BCUT2D eigenvalue weighted by molar-refractivity contribution is 1.05. The highest BCUT2D eigenvalue weighted by molar-refractivity contribution is 7.80. The summed E-state index contributed by atoms with van der Waals surface area (Å²) in [6.45, 7) is 2.03. The van der Waals surface area contributed by atoms with E-state index in [9.17, 15) is 0 Å². The van der Waals surface area contributed by atoms with Gasteiger partial charge in [0.2, 0.25) is 0 Å². The van der Waals surface area contributed by atoms with E-state index < -0.39 is 0 Å². The molecule has 1 aromatic heterocycles. The Kier molecular flexibility index (Phi) is 5.17. The lowest BCUT2D eigenvalue weighted by Gasteiger charge is -2.09. The van der Waals surface area contributed by atoms with Gasteiger partial charge in [-0.25, -0.2) is 0 Å². The van der Waals surface area contributed by atoms with Crippen LogP contribution < -0.4 is 10.7 Å². The van der Waals surface area contributed by atoms with Crippen molar-refractivity contribution in [3.05, 3.63) is 90.0 Å². The summed E-state index contributed by atoms with van der Waals surface area (Å²) in [6, 6.07) is 26.4. The number of aromatic nitrogens is 1. The molecule has 0 spiro atoms. The maximum atomic E-state index is 5.37. The number of fused-ring (bicyclic) bond motifs is 1. The molecule has 0 fully saturated rings. The van der Waals surface area contributed by atoms with Crippen LogP contribution in [0.2, 0.25) is 0 Å². The number of hydrazone groups is 1. The van der Waals surface area contributed by atoms with Crippen molar-refractivity contribution in [1.29, 1.82) is 0 Å². The maximum absolute atomic E-state index is 5.37. The molecular weight excluding hydrogens is 364 g/mol. The number of rotatable bonds is 4. The molecule has 0 aliphatic rings. The third-order valence-corrected chi connectivity index (χ3v) is 4.76. The van der Waals surface area contributed by atoms with Crippen molar-refractivity contribution >= 4 is 40.1 Å². The Morgan fingerprint density at radius 3 is 2.46 bits per heavy atom. The van der Waals surface area contributed by atoms with Crippen LogP contribution in [0.25, 0.3) is 22.2 Å². The predicted molar refractivity (Wildman–Crippen MR) is 122 cm³/mol. The first-order valence-electron chi connectivity index (χ1n) is 9.04. The number of anilines is 1. The fraction of sp³-hybridized carbons (Fsp3) is 0.0435. The molecule has 4 rings (SSSR count). The molecule has 0 aliphatic carbocycles. The number of aryl methyl sites for hydroxylation is 1. The van der Waals surface area contributed by atoms with E-state index in [-0.39, 0.29) is 0 Å². The molecular formula is C23H20N4S. The summed E-state index contributed by atoms with van der Waals surface area (Å²) >= 11 is 5.37. The molecule has 3 N–H and O–H groups in total. The molecule has 0 saturated carbocycles. The number of H-pyrrole nitrogens is 1. The summed E-state index contributed by atoms with van der Waals surface area (Å²) in [4.78, 5) is 3.50. The molecule has 28 heavy (non-hydrogen) atoms. The van der Waals surface area contributed by atoms with E-state index >= 15 is 0 Å². The first-order valence-corrected chi connectivity index (χ1v) is 9.45. The summed E-state index contributed by atoms with van der Waals surface area (Å²) in [5.41, 5.74) is 9.24. The van der Waals surface area contributed by atoms with Gasteiger partial charge in [0.1, 0.15) is 0 Å². The Balaban J connectivity index is 1.59. The molecule has 3 aromatic carbocycles. The van der Waals surface area contributed by atoms with Gasteiger partial charge in [-0.1, -0.05) is 66.7 Å². The van der Waals surface area contributed by atoms with Crippen LogP contribution in [-0.4, -0.2) is 16.3 Å². The molecule has 0 unspecified atom stereocenters. The number of hydrogen-bond donors (Lipinski definition) is 3. The highest BCUT2D eigenvalue weighted by atomic mass is 32.1. The second kappa shape index (κ2) is 8.06. The van der Waals surface area contributed by atoms with E-state index in [1.54, 1.807) is 0 Å². The minimum Gasteiger partial charge on any atom is -0.354 e. The van der Waals surface area contributed by atoms with Crippen LogP contribution in [0.4, 0.5) is 5.69 Å². The molecule has 4 nitrogen and oxygen atoms in total. The molecule has 0 aliphatic heterocycles. The number of nitrogens with zero attached hydrogens (tertiary/aromatic N) is 1. The molecule has 0 amide bonds. The number of nitrogens with one attached hydrogen (secondary N) is 3. The normalized spacial score (nSPS) is 11.0. The van der Waals surface area contributed by atoms with Gasteiger partial charge >= 0.3 is 0 Å². The lowest BCUT2D eigenvalue weighted by atomic mass is 10.1. The van der Waals surface area contributed by atoms with Gasteiger partial charge in [0.25, 0.3) is 0 Å². The number of thiocarbonyl (C=S) groups is 1. The van der Waals surface area contributed by atoms with Crippen LogP contribution in [0.1, 0.15) is 11.1 Å². The molecule has 4 aromatic rings. The molecule has 5 heteroatoms. The van der Waals surface area contributed by atoms with Crippen molar-refractivity contribution in [2.45, 2.75) is 6.92 Å². The van der Waals surface area contributed by atoms with E-state index in [0.717, 1.165) is 39.0 Å². The van der Waals surface area contributed by atoms with Crippen LogP contribution in [0, 0.1) is 6.92 Å². The quantitative estimate of drug-likeness (QED) is 0.249. The summed E-state index contributed by atoms with van der Waals surface area (Å²) < 4.78 is 0. The van der Waals surface area contributed by atoms with Crippen LogP contribution in [0.15, 0.2) is 84.0 Å². The fourth-order valence-corrected chi connectivity index (χ4v) is 3.31. The van der Waals surface area contributed by atoms with Crippen LogP contribution in [0.5, 0.6) is 0 Å². The molecule has 0 saturated heterocycles. The van der Waals surface area contributed by atoms with Crippen molar-refractivity contribution in [1.82, 2.24) is 10.4 Å². The van der Waals surface area contributed by atoms with Crippen molar-refractivity contribution in [3.8, 4) is 11.3 Å². The smallest absolute Gasteiger partial charge is 0.191 e. The SMILES string of the molecule is Cc1ccccc1NC(=S)N/N=C\c1c(-c2ccccc2)[nH]c2ccccc12. The van der Waals surface area contributed by atoms with Gasteiger partial charge in [-0.2, -0.15) is 5.10 Å². The third kappa shape index (κ3) is 3.80. The average Bonchev–Trinajstić information content (AvgIpc) is 3.09. The topological polar surface area (TPSA) is 52.2 Å². The molecule has 0 atom stereocenters. The fourth-order valence-electron chi connectivity index (χ4n) is 3.15. The van der Waals surface area contributed by atoms with Gasteiger partial charge < -0.3 is 10.3 Å². The highest BCUT2D eigenvalue weighted by Crippen LogP contribution is 2.28. The first kappa shape index (κ1) is 17.9. The molecule has 1 heterocycles. The summed E-state index contributed by atoms with van der Waals surface area (Å²) in [5.74, 6) is 0. The van der Waals surface area contributed by atoms with Gasteiger partial charge in [0, 0.05) is 22.2 Å². The van der Waals surface area contributed by atoms with E-state index in [1.807, 2.05) is 67.7 Å². The molecule has 0 radical (unpaired) electrons. The minimum atomic E-state index is 0.451. The number of benzene rings is 3. The van der Waals surface area contributed by atoms with Gasteiger partial charge in [-0.3, -0.25) is 5.43 Å². The van der Waals surface area contributed by atoms with Crippen LogP contribution >= 0.6 is 12.2 Å². The Labute approximate surface area is 169 Å². The Hall–Kier alpha value is -3.44. The lowest BCUT2D eigenvalue weighted by Crippen LogP contribution is -2.24. The predicted octanol–water partition coefficient (Wildman–Crippen LogP) is 5.46. The summed E-state index contributed by atoms with van der Waals surface area (Å²) in [5, 5.41) is 9.12. The van der Waals surface area contributed by atoms with Gasteiger partial charge in [0.05, 0.1) is 11.9 Å². The van der Waals surface area contributed by atoms with E-state index in [1.165, 1.54) is 0 Å². The zero-order chi connectivity index (χ0) is 19.3. The average molecular weight is 385 g/mol. The monoisotopic (exact) mass is 384 g/mol. The number of para-hydroxylation sites is 2. The number of hydrogen-bond acceptors (Lipinski definition) is 2. The van der Waals surface area contributed by atoms with Crippen LogP contribution in [0.3, 0.4) is 0 Å². The van der Waals surface area contributed by atoms with Crippen molar-refractivity contribution in [2.24, 2.45) is 5.10 Å². The van der Waals surface area contributed by atoms with Crippen molar-refractivity contribution < 1.29 is 0 Å². The Bertz CT molecular complexity index is 1150. The summed E-state index contributed by atoms with van der Waals surface area (Å²) in [7, 11) is 0. The highest BCUT2D eigenvalue weighted by Gasteiger charge is 2.11. The second-order valence-electron chi connectivity index (χ2n) is 6.46. The first-order chi connectivity index (χ1) is 13.7. The van der Waals surface area contributed by atoms with Gasteiger partial charge in [0.15, 0.2) is 5.11 Å². The standard InChI is InChI=1S/C23H20N4S/c1-16-9-5-7-13-20(16)26-23(28)27-24-15-19-18-12-6-8-14-21(18)25-22(19)17-10-3-2-4-11-17/h2-15,25H,1H3,(H2,26,27,28)/b24-15-. The van der Waals surface area contributed by atoms with Crippen molar-refractivity contribution in [3.63, 3.8) is 0 Å². The maximum Gasteiger partial charge on any atom is 0.191 e. The van der Waals surface area contributed by atoms with E-state index in [2.05, 4.69) is 45.1 Å². The van der Waals surface area contributed by atoms with E-state index in [4.69, 9.17) is 12.2 Å². The van der Waals surface area contributed by atoms with Crippen molar-refractivity contribution in [2.75, 3.05) is 5.32 Å². The second-order valence-corrected chi connectivity index (χ2v) is 6.87. The minimum absolute atomic E-state index is 0.451. The van der Waals surface area contributed by atoms with Crippen LogP contribution in [-0.2, 0) is 0 Å². The third-order valence-electron chi connectivity index (χ3n) is 4.56. The largest absolute Gasteiger partial charge is 0.354 e. The van der Waals surface area contributed by atoms with Gasteiger partial charge in [-0.15, -0.1) is 0 Å². The van der Waals surface area contributed by atoms with E-state index in [0.29, 0.717) is 5.11 Å². The zero-order valence-corrected chi connectivity index (χ0v) is 16.3. The number of aromatic amines is 1. The summed E-state index contributed by atoms with van der Waals surface area (Å²) in [6.07, 6.45) is 1.81. The Morgan fingerprint density at radius 2 is 1.64 bits per heavy atom. The molecule has 0 bridgehead atoms. The Morgan fingerprint density at radius 1 is 0.929 bits per heavy atom. The zero-order valence-electron chi connectivity index (χ0n) is 15.4.